The number of rotatable bonds is 3. The number of halogens is 2. The normalized spacial score (nSPS) is 16.4. The fourth-order valence-corrected chi connectivity index (χ4v) is 2.81. The first-order valence-electron chi connectivity index (χ1n) is 6.91. The Bertz CT molecular complexity index is 921. The number of amides is 4. The average molecular weight is 426 g/mol. The number of barbiturate groups is 1. The van der Waals surface area contributed by atoms with E-state index < -0.39 is 17.8 Å². The van der Waals surface area contributed by atoms with Crippen LogP contribution in [0.1, 0.15) is 5.76 Å². The highest BCUT2D eigenvalue weighted by molar-refractivity contribution is 9.10. The van der Waals surface area contributed by atoms with E-state index in [0.717, 1.165) is 4.90 Å². The third-order valence-electron chi connectivity index (χ3n) is 3.38. The van der Waals surface area contributed by atoms with Gasteiger partial charge in [-0.1, -0.05) is 11.6 Å². The van der Waals surface area contributed by atoms with Gasteiger partial charge in [0.25, 0.3) is 11.8 Å². The van der Waals surface area contributed by atoms with E-state index in [1.807, 2.05) is 0 Å². The Morgan fingerprint density at radius 2 is 2.00 bits per heavy atom. The minimum absolute atomic E-state index is 0.201. The third kappa shape index (κ3) is 3.31. The molecule has 7 nitrogen and oxygen atoms in total. The van der Waals surface area contributed by atoms with Crippen molar-refractivity contribution in [1.82, 2.24) is 5.32 Å². The van der Waals surface area contributed by atoms with Gasteiger partial charge in [-0.15, -0.1) is 0 Å². The molecule has 0 aliphatic carbocycles. The van der Waals surface area contributed by atoms with E-state index in [0.29, 0.717) is 10.4 Å². The molecule has 1 saturated heterocycles. The number of ether oxygens (including phenoxy) is 1. The maximum Gasteiger partial charge on any atom is 0.335 e. The van der Waals surface area contributed by atoms with Gasteiger partial charge in [0.2, 0.25) is 0 Å². The number of nitrogens with one attached hydrogen (secondary N) is 1. The second kappa shape index (κ2) is 6.73. The number of methoxy groups -OCH3 is 1. The van der Waals surface area contributed by atoms with E-state index in [1.165, 1.54) is 31.4 Å². The molecule has 1 aliphatic heterocycles. The predicted octanol–water partition coefficient (Wildman–Crippen LogP) is 3.37. The van der Waals surface area contributed by atoms with E-state index in [-0.39, 0.29) is 22.0 Å². The molecule has 0 atom stereocenters. The fourth-order valence-electron chi connectivity index (χ4n) is 2.23. The van der Waals surface area contributed by atoms with Crippen LogP contribution in [0.5, 0.6) is 5.75 Å². The Morgan fingerprint density at radius 1 is 1.24 bits per heavy atom. The smallest absolute Gasteiger partial charge is 0.335 e. The van der Waals surface area contributed by atoms with Gasteiger partial charge in [0, 0.05) is 0 Å². The Morgan fingerprint density at radius 3 is 2.60 bits per heavy atom. The molecule has 0 unspecified atom stereocenters. The summed E-state index contributed by atoms with van der Waals surface area (Å²) in [6, 6.07) is 6.72. The van der Waals surface area contributed by atoms with E-state index >= 15 is 0 Å². The number of imide groups is 2. The van der Waals surface area contributed by atoms with Crippen molar-refractivity contribution in [2.75, 3.05) is 12.0 Å². The summed E-state index contributed by atoms with van der Waals surface area (Å²) < 4.78 is 10.8. The van der Waals surface area contributed by atoms with Crippen LogP contribution in [0.2, 0.25) is 5.02 Å². The van der Waals surface area contributed by atoms with Gasteiger partial charge in [-0.05, 0) is 52.3 Å². The molecular weight excluding hydrogens is 416 g/mol. The van der Waals surface area contributed by atoms with Crippen LogP contribution >= 0.6 is 27.5 Å². The van der Waals surface area contributed by atoms with Crippen LogP contribution in [-0.4, -0.2) is 25.0 Å². The van der Waals surface area contributed by atoms with Gasteiger partial charge in [-0.3, -0.25) is 14.9 Å². The van der Waals surface area contributed by atoms with Crippen molar-refractivity contribution in [3.8, 4) is 5.75 Å². The maximum absolute atomic E-state index is 12.7. The van der Waals surface area contributed by atoms with Crippen molar-refractivity contribution in [2.24, 2.45) is 0 Å². The molecule has 4 amide bonds. The second-order valence-electron chi connectivity index (χ2n) is 4.92. The highest BCUT2D eigenvalue weighted by Crippen LogP contribution is 2.31. The molecule has 1 N–H and O–H groups in total. The largest absolute Gasteiger partial charge is 0.495 e. The van der Waals surface area contributed by atoms with Crippen molar-refractivity contribution >= 4 is 57.1 Å². The Labute approximate surface area is 155 Å². The maximum atomic E-state index is 12.7. The van der Waals surface area contributed by atoms with Crippen LogP contribution in [0.4, 0.5) is 10.5 Å². The molecule has 0 saturated carbocycles. The lowest BCUT2D eigenvalue weighted by Gasteiger charge is -2.26. The molecule has 128 valence electrons. The van der Waals surface area contributed by atoms with Gasteiger partial charge in [-0.25, -0.2) is 9.69 Å². The quantitative estimate of drug-likeness (QED) is 0.602. The molecule has 0 bridgehead atoms. The lowest BCUT2D eigenvalue weighted by Crippen LogP contribution is -2.54. The number of hydrogen-bond acceptors (Lipinski definition) is 5. The van der Waals surface area contributed by atoms with Crippen molar-refractivity contribution in [3.63, 3.8) is 0 Å². The summed E-state index contributed by atoms with van der Waals surface area (Å²) in [6.07, 6.45) is 1.26. The minimum Gasteiger partial charge on any atom is -0.495 e. The number of carbonyl (C=O) groups is 3. The molecule has 0 spiro atoms. The fraction of sp³-hybridized carbons (Fsp3) is 0.0625. The van der Waals surface area contributed by atoms with Gasteiger partial charge in [-0.2, -0.15) is 0 Å². The summed E-state index contributed by atoms with van der Waals surface area (Å²) in [6.45, 7) is 0. The minimum atomic E-state index is -0.867. The Balaban J connectivity index is 2.01. The summed E-state index contributed by atoms with van der Waals surface area (Å²) >= 11 is 9.18. The number of furan rings is 1. The van der Waals surface area contributed by atoms with Crippen molar-refractivity contribution in [1.29, 1.82) is 0 Å². The van der Waals surface area contributed by atoms with Crippen molar-refractivity contribution in [3.05, 3.63) is 51.4 Å². The Hall–Kier alpha value is -2.58. The molecule has 2 aromatic rings. The topological polar surface area (TPSA) is 88.8 Å². The van der Waals surface area contributed by atoms with Gasteiger partial charge in [0.1, 0.15) is 17.1 Å². The molecule has 1 aromatic carbocycles. The van der Waals surface area contributed by atoms with Gasteiger partial charge in [0.05, 0.1) is 17.8 Å². The molecule has 1 aliphatic rings. The number of hydrogen-bond donors (Lipinski definition) is 1. The molecule has 1 aromatic heterocycles. The summed E-state index contributed by atoms with van der Waals surface area (Å²) in [5.74, 6) is -0.920. The first-order valence-corrected chi connectivity index (χ1v) is 8.08. The van der Waals surface area contributed by atoms with E-state index in [9.17, 15) is 14.4 Å². The van der Waals surface area contributed by atoms with E-state index in [2.05, 4.69) is 21.2 Å². The number of urea groups is 1. The lowest BCUT2D eigenvalue weighted by molar-refractivity contribution is -0.122. The van der Waals surface area contributed by atoms with Crippen LogP contribution < -0.4 is 15.0 Å². The zero-order valence-corrected chi connectivity index (χ0v) is 15.1. The van der Waals surface area contributed by atoms with Crippen LogP contribution in [-0.2, 0) is 9.59 Å². The monoisotopic (exact) mass is 424 g/mol. The van der Waals surface area contributed by atoms with Crippen molar-refractivity contribution < 1.29 is 23.5 Å². The second-order valence-corrected chi connectivity index (χ2v) is 6.11. The van der Waals surface area contributed by atoms with E-state index in [1.54, 1.807) is 12.1 Å². The highest BCUT2D eigenvalue weighted by atomic mass is 79.9. The standard InChI is InChI=1S/C16H10BrClN2O5/c1-24-12-4-2-8(6-11(12)18)20-15(22)10(14(21)19-16(20)23)7-9-3-5-13(17)25-9/h2-7H,1H3,(H,19,21,23). The molecule has 0 radical (unpaired) electrons. The first kappa shape index (κ1) is 17.2. The van der Waals surface area contributed by atoms with E-state index in [4.69, 9.17) is 20.8 Å². The van der Waals surface area contributed by atoms with Crippen molar-refractivity contribution in [2.45, 2.75) is 0 Å². The van der Waals surface area contributed by atoms with Crippen LogP contribution in [0.25, 0.3) is 6.08 Å². The average Bonchev–Trinajstić information content (AvgIpc) is 2.96. The van der Waals surface area contributed by atoms with Gasteiger partial charge >= 0.3 is 6.03 Å². The first-order chi connectivity index (χ1) is 11.9. The predicted molar refractivity (Wildman–Crippen MR) is 93.4 cm³/mol. The summed E-state index contributed by atoms with van der Waals surface area (Å²) in [7, 11) is 1.45. The number of carbonyl (C=O) groups excluding carboxylic acids is 3. The number of benzene rings is 1. The molecule has 1 fully saturated rings. The van der Waals surface area contributed by atoms with Crippen LogP contribution in [0, 0.1) is 0 Å². The van der Waals surface area contributed by atoms with Crippen LogP contribution in [0.3, 0.4) is 0 Å². The number of anilines is 1. The molecule has 9 heteroatoms. The zero-order chi connectivity index (χ0) is 18.1. The molecule has 25 heavy (non-hydrogen) atoms. The lowest BCUT2D eigenvalue weighted by atomic mass is 10.1. The molecule has 3 rings (SSSR count). The zero-order valence-electron chi connectivity index (χ0n) is 12.7. The Kier molecular flexibility index (Phi) is 4.65. The summed E-state index contributed by atoms with van der Waals surface area (Å²) in [5, 5.41) is 2.34. The summed E-state index contributed by atoms with van der Waals surface area (Å²) in [4.78, 5) is 37.6. The molecule has 2 heterocycles. The van der Waals surface area contributed by atoms with Gasteiger partial charge < -0.3 is 9.15 Å². The van der Waals surface area contributed by atoms with Gasteiger partial charge in [0.15, 0.2) is 4.67 Å². The SMILES string of the molecule is COc1ccc(N2C(=O)NC(=O)C(=Cc3ccc(Br)o3)C2=O)cc1Cl. The highest BCUT2D eigenvalue weighted by Gasteiger charge is 2.37. The molecular formula is C16H10BrClN2O5. The van der Waals surface area contributed by atoms with Crippen LogP contribution in [0.15, 0.2) is 45.0 Å². The third-order valence-corrected chi connectivity index (χ3v) is 4.10. The summed E-state index contributed by atoms with van der Waals surface area (Å²) in [5.41, 5.74) is -0.0410. The number of nitrogens with zero attached hydrogens (tertiary/aromatic N) is 1.